The van der Waals surface area contributed by atoms with Gasteiger partial charge in [-0.3, -0.25) is 9.80 Å². The number of nitrogens with zero attached hydrogens (tertiary/aromatic N) is 2. The van der Waals surface area contributed by atoms with E-state index < -0.39 is 0 Å². The van der Waals surface area contributed by atoms with Gasteiger partial charge in [-0.1, -0.05) is 36.8 Å². The maximum atomic E-state index is 12.5. The molecule has 2 heterocycles. The average molecular weight is 425 g/mol. The SMILES string of the molecule is COc1ccc(N2CC(CCN3CCCCC3Cc3ccccc3)OC2=O)cc1OC. The Labute approximate surface area is 184 Å². The van der Waals surface area contributed by atoms with Gasteiger partial charge in [0.15, 0.2) is 11.5 Å². The van der Waals surface area contributed by atoms with Crippen molar-refractivity contribution in [3.63, 3.8) is 0 Å². The second-order valence-electron chi connectivity index (χ2n) is 8.32. The molecule has 2 atom stereocenters. The summed E-state index contributed by atoms with van der Waals surface area (Å²) in [6.07, 6.45) is 5.31. The highest BCUT2D eigenvalue weighted by Gasteiger charge is 2.33. The lowest BCUT2D eigenvalue weighted by molar-refractivity contribution is 0.102. The average Bonchev–Trinajstić information content (AvgIpc) is 3.19. The normalized spacial score (nSPS) is 21.7. The Morgan fingerprint density at radius 2 is 1.84 bits per heavy atom. The number of carbonyl (C=O) groups excluding carboxylic acids is 1. The minimum atomic E-state index is -0.295. The van der Waals surface area contributed by atoms with E-state index in [4.69, 9.17) is 14.2 Å². The van der Waals surface area contributed by atoms with Gasteiger partial charge in [0.05, 0.1) is 26.5 Å². The van der Waals surface area contributed by atoms with Crippen LogP contribution in [0, 0.1) is 0 Å². The van der Waals surface area contributed by atoms with E-state index in [1.54, 1.807) is 19.1 Å². The Bertz CT molecular complexity index is 873. The second kappa shape index (κ2) is 10.1. The monoisotopic (exact) mass is 424 g/mol. The van der Waals surface area contributed by atoms with Crippen molar-refractivity contribution >= 4 is 11.8 Å². The van der Waals surface area contributed by atoms with Crippen LogP contribution in [0.3, 0.4) is 0 Å². The molecule has 2 aliphatic rings. The molecule has 0 radical (unpaired) electrons. The Hall–Kier alpha value is -2.73. The number of likely N-dealkylation sites (tertiary alicyclic amines) is 1. The highest BCUT2D eigenvalue weighted by Crippen LogP contribution is 2.33. The van der Waals surface area contributed by atoms with Gasteiger partial charge < -0.3 is 14.2 Å². The largest absolute Gasteiger partial charge is 0.493 e. The number of piperidine rings is 1. The lowest BCUT2D eigenvalue weighted by atomic mass is 9.95. The summed E-state index contributed by atoms with van der Waals surface area (Å²) in [6.45, 7) is 2.64. The van der Waals surface area contributed by atoms with Gasteiger partial charge in [-0.05, 0) is 49.9 Å². The van der Waals surface area contributed by atoms with Gasteiger partial charge >= 0.3 is 6.09 Å². The highest BCUT2D eigenvalue weighted by atomic mass is 16.6. The first-order chi connectivity index (χ1) is 15.2. The van der Waals surface area contributed by atoms with Gasteiger partial charge in [0.2, 0.25) is 0 Å². The first kappa shape index (κ1) is 21.5. The van der Waals surface area contributed by atoms with Gasteiger partial charge in [0.1, 0.15) is 6.10 Å². The zero-order valence-electron chi connectivity index (χ0n) is 18.5. The number of cyclic esters (lactones) is 1. The van der Waals surface area contributed by atoms with Crippen LogP contribution >= 0.6 is 0 Å². The van der Waals surface area contributed by atoms with E-state index in [-0.39, 0.29) is 12.2 Å². The van der Waals surface area contributed by atoms with E-state index in [9.17, 15) is 4.79 Å². The molecule has 0 aliphatic carbocycles. The van der Waals surface area contributed by atoms with E-state index in [1.165, 1.54) is 24.8 Å². The zero-order chi connectivity index (χ0) is 21.6. The van der Waals surface area contributed by atoms with Gasteiger partial charge in [-0.15, -0.1) is 0 Å². The Kier molecular flexibility index (Phi) is 6.97. The maximum Gasteiger partial charge on any atom is 0.414 e. The number of hydrogen-bond donors (Lipinski definition) is 0. The van der Waals surface area contributed by atoms with E-state index in [2.05, 4.69) is 35.2 Å². The van der Waals surface area contributed by atoms with Crippen molar-refractivity contribution in [2.45, 2.75) is 44.2 Å². The van der Waals surface area contributed by atoms with Crippen LogP contribution in [0.1, 0.15) is 31.2 Å². The molecule has 2 saturated heterocycles. The predicted molar refractivity (Wildman–Crippen MR) is 121 cm³/mol. The van der Waals surface area contributed by atoms with Crippen molar-refractivity contribution < 1.29 is 19.0 Å². The van der Waals surface area contributed by atoms with E-state index in [0.717, 1.165) is 31.6 Å². The number of carbonyl (C=O) groups is 1. The fourth-order valence-corrected chi connectivity index (χ4v) is 4.66. The molecular formula is C25H32N2O4. The third-order valence-corrected chi connectivity index (χ3v) is 6.35. The van der Waals surface area contributed by atoms with Crippen LogP contribution in [-0.2, 0) is 11.2 Å². The number of benzene rings is 2. The fourth-order valence-electron chi connectivity index (χ4n) is 4.66. The van der Waals surface area contributed by atoms with Crippen LogP contribution < -0.4 is 14.4 Å². The van der Waals surface area contributed by atoms with Gasteiger partial charge in [-0.2, -0.15) is 0 Å². The lowest BCUT2D eigenvalue weighted by Crippen LogP contribution is -2.42. The molecule has 166 valence electrons. The van der Waals surface area contributed by atoms with Crippen LogP contribution in [0.2, 0.25) is 0 Å². The molecule has 2 aromatic rings. The molecule has 0 bridgehead atoms. The van der Waals surface area contributed by atoms with Crippen LogP contribution in [0.5, 0.6) is 11.5 Å². The third kappa shape index (κ3) is 5.13. The fraction of sp³-hybridized carbons (Fsp3) is 0.480. The van der Waals surface area contributed by atoms with E-state index >= 15 is 0 Å². The third-order valence-electron chi connectivity index (χ3n) is 6.35. The molecule has 0 aromatic heterocycles. The molecule has 0 spiro atoms. The summed E-state index contributed by atoms with van der Waals surface area (Å²) in [6, 6.07) is 16.8. The summed E-state index contributed by atoms with van der Waals surface area (Å²) in [7, 11) is 3.19. The number of hydrogen-bond acceptors (Lipinski definition) is 5. The van der Waals surface area contributed by atoms with Gasteiger partial charge in [-0.25, -0.2) is 4.79 Å². The Balaban J connectivity index is 1.35. The minimum Gasteiger partial charge on any atom is -0.493 e. The summed E-state index contributed by atoms with van der Waals surface area (Å²) >= 11 is 0. The lowest BCUT2D eigenvalue weighted by Gasteiger charge is -2.36. The highest BCUT2D eigenvalue weighted by molar-refractivity contribution is 5.90. The molecule has 0 saturated carbocycles. The molecule has 1 amide bonds. The molecule has 6 heteroatoms. The van der Waals surface area contributed by atoms with Crippen LogP contribution in [-0.4, -0.2) is 57.0 Å². The molecule has 2 aliphatic heterocycles. The van der Waals surface area contributed by atoms with Gasteiger partial charge in [0, 0.05) is 18.7 Å². The number of ether oxygens (including phenoxy) is 3. The van der Waals surface area contributed by atoms with Crippen LogP contribution in [0.25, 0.3) is 0 Å². The molecule has 0 N–H and O–H groups in total. The Morgan fingerprint density at radius 1 is 1.03 bits per heavy atom. The molecule has 4 rings (SSSR count). The maximum absolute atomic E-state index is 12.5. The van der Waals surface area contributed by atoms with Crippen LogP contribution in [0.15, 0.2) is 48.5 Å². The van der Waals surface area contributed by atoms with Crippen molar-refractivity contribution in [2.24, 2.45) is 0 Å². The molecule has 31 heavy (non-hydrogen) atoms. The first-order valence-corrected chi connectivity index (χ1v) is 11.2. The zero-order valence-corrected chi connectivity index (χ0v) is 18.5. The summed E-state index contributed by atoms with van der Waals surface area (Å²) in [4.78, 5) is 16.8. The number of amides is 1. The number of rotatable bonds is 8. The predicted octanol–water partition coefficient (Wildman–Crippen LogP) is 4.52. The van der Waals surface area contributed by atoms with Crippen molar-refractivity contribution in [3.8, 4) is 11.5 Å². The van der Waals surface area contributed by atoms with Crippen molar-refractivity contribution in [3.05, 3.63) is 54.1 Å². The summed E-state index contributed by atoms with van der Waals surface area (Å²) in [5, 5.41) is 0. The topological polar surface area (TPSA) is 51.2 Å². The molecule has 2 aromatic carbocycles. The molecule has 2 unspecified atom stereocenters. The smallest absolute Gasteiger partial charge is 0.414 e. The van der Waals surface area contributed by atoms with E-state index in [0.29, 0.717) is 24.1 Å². The number of methoxy groups -OCH3 is 2. The number of anilines is 1. The molecule has 6 nitrogen and oxygen atoms in total. The summed E-state index contributed by atoms with van der Waals surface area (Å²) < 4.78 is 16.4. The van der Waals surface area contributed by atoms with Crippen molar-refractivity contribution in [2.75, 3.05) is 38.8 Å². The van der Waals surface area contributed by atoms with Crippen molar-refractivity contribution in [1.82, 2.24) is 4.90 Å². The first-order valence-electron chi connectivity index (χ1n) is 11.2. The molecule has 2 fully saturated rings. The minimum absolute atomic E-state index is 0.0973. The summed E-state index contributed by atoms with van der Waals surface area (Å²) in [5.74, 6) is 1.25. The molecular weight excluding hydrogens is 392 g/mol. The quantitative estimate of drug-likeness (QED) is 0.624. The van der Waals surface area contributed by atoms with Crippen molar-refractivity contribution in [1.29, 1.82) is 0 Å². The van der Waals surface area contributed by atoms with Gasteiger partial charge in [0.25, 0.3) is 0 Å². The Morgan fingerprint density at radius 3 is 2.61 bits per heavy atom. The second-order valence-corrected chi connectivity index (χ2v) is 8.32. The standard InChI is InChI=1S/C25H32N2O4/c1-29-23-12-11-21(17-24(23)30-2)27-18-22(31-25(27)28)13-15-26-14-7-6-10-20(26)16-19-8-4-3-5-9-19/h3-5,8-9,11-12,17,20,22H,6-7,10,13-16,18H2,1-2H3. The van der Waals surface area contributed by atoms with E-state index in [1.807, 2.05) is 18.2 Å². The summed E-state index contributed by atoms with van der Waals surface area (Å²) in [5.41, 5.74) is 2.16. The van der Waals surface area contributed by atoms with Crippen LogP contribution in [0.4, 0.5) is 10.5 Å².